The second-order valence-electron chi connectivity index (χ2n) is 5.73. The molecule has 2 aliphatic rings. The van der Waals surface area contributed by atoms with E-state index in [0.29, 0.717) is 18.8 Å². The van der Waals surface area contributed by atoms with Gasteiger partial charge in [0.15, 0.2) is 0 Å². The van der Waals surface area contributed by atoms with E-state index in [1.165, 1.54) is 11.3 Å². The Labute approximate surface area is 113 Å². The summed E-state index contributed by atoms with van der Waals surface area (Å²) in [6.45, 7) is 2.44. The summed E-state index contributed by atoms with van der Waals surface area (Å²) in [6, 6.07) is 0.265. The van der Waals surface area contributed by atoms with Crippen LogP contribution in [-0.2, 0) is 14.4 Å². The Morgan fingerprint density at radius 1 is 1.26 bits per heavy atom. The van der Waals surface area contributed by atoms with Crippen molar-refractivity contribution in [3.63, 3.8) is 0 Å². The van der Waals surface area contributed by atoms with Crippen molar-refractivity contribution in [3.8, 4) is 0 Å². The van der Waals surface area contributed by atoms with Gasteiger partial charge in [0.05, 0.1) is 0 Å². The van der Waals surface area contributed by atoms with E-state index < -0.39 is 0 Å². The number of hydrogen-bond acceptors (Lipinski definition) is 3. The molecule has 1 saturated heterocycles. The van der Waals surface area contributed by atoms with Crippen LogP contribution in [0.2, 0.25) is 0 Å². The number of amides is 3. The number of rotatable bonds is 4. The highest BCUT2D eigenvalue weighted by Crippen LogP contribution is 2.23. The maximum Gasteiger partial charge on any atom is 0.229 e. The Bertz CT molecular complexity index is 365. The number of hydrogen-bond donors (Lipinski definition) is 1. The lowest BCUT2D eigenvalue weighted by molar-refractivity contribution is -0.138. The minimum absolute atomic E-state index is 0.0494. The molecular weight excluding hydrogens is 244 g/mol. The molecule has 0 radical (unpaired) electrons. The van der Waals surface area contributed by atoms with Gasteiger partial charge in [0.25, 0.3) is 0 Å². The zero-order valence-electron chi connectivity index (χ0n) is 11.5. The largest absolute Gasteiger partial charge is 0.353 e. The Balaban J connectivity index is 1.72. The van der Waals surface area contributed by atoms with Gasteiger partial charge in [-0.3, -0.25) is 19.3 Å². The number of carbonyl (C=O) groups excluding carboxylic acids is 3. The predicted octanol–water partition coefficient (Wildman–Crippen LogP) is 1.22. The van der Waals surface area contributed by atoms with Gasteiger partial charge < -0.3 is 5.32 Å². The quantitative estimate of drug-likeness (QED) is 0.778. The molecule has 0 aromatic heterocycles. The summed E-state index contributed by atoms with van der Waals surface area (Å²) in [5, 5.41) is 3.01. The van der Waals surface area contributed by atoms with Crippen LogP contribution in [0.4, 0.5) is 0 Å². The molecule has 5 heteroatoms. The van der Waals surface area contributed by atoms with Crippen LogP contribution in [0.25, 0.3) is 0 Å². The van der Waals surface area contributed by atoms with Gasteiger partial charge in [0, 0.05) is 31.8 Å². The summed E-state index contributed by atoms with van der Waals surface area (Å²) < 4.78 is 0. The zero-order chi connectivity index (χ0) is 13.8. The molecular formula is C14H22N2O3. The molecule has 106 valence electrons. The Kier molecular flexibility index (Phi) is 4.56. The summed E-state index contributed by atoms with van der Waals surface area (Å²) in [7, 11) is 0. The third-order valence-corrected chi connectivity index (χ3v) is 4.02. The van der Waals surface area contributed by atoms with Crippen molar-refractivity contribution in [1.29, 1.82) is 0 Å². The van der Waals surface area contributed by atoms with E-state index >= 15 is 0 Å². The number of nitrogens with one attached hydrogen (secondary N) is 1. The molecule has 1 saturated carbocycles. The monoisotopic (exact) mass is 266 g/mol. The molecule has 0 aromatic rings. The lowest BCUT2D eigenvalue weighted by Gasteiger charge is -2.27. The summed E-state index contributed by atoms with van der Waals surface area (Å²) in [5.41, 5.74) is 0. The third kappa shape index (κ3) is 3.78. The van der Waals surface area contributed by atoms with E-state index in [0.717, 1.165) is 19.3 Å². The molecule has 2 atom stereocenters. The fraction of sp³-hybridized carbons (Fsp3) is 0.786. The first kappa shape index (κ1) is 14.0. The predicted molar refractivity (Wildman–Crippen MR) is 70.1 cm³/mol. The van der Waals surface area contributed by atoms with E-state index in [2.05, 4.69) is 12.2 Å². The van der Waals surface area contributed by atoms with E-state index in [1.807, 2.05) is 0 Å². The van der Waals surface area contributed by atoms with Crippen molar-refractivity contribution >= 4 is 17.7 Å². The van der Waals surface area contributed by atoms with Crippen LogP contribution in [0.5, 0.6) is 0 Å². The van der Waals surface area contributed by atoms with Crippen molar-refractivity contribution < 1.29 is 14.4 Å². The van der Waals surface area contributed by atoms with Gasteiger partial charge in [-0.2, -0.15) is 0 Å². The first-order chi connectivity index (χ1) is 9.06. The molecule has 1 aliphatic heterocycles. The van der Waals surface area contributed by atoms with Crippen molar-refractivity contribution in [1.82, 2.24) is 10.2 Å². The second-order valence-corrected chi connectivity index (χ2v) is 5.73. The molecule has 1 aliphatic carbocycles. The van der Waals surface area contributed by atoms with E-state index in [9.17, 15) is 14.4 Å². The smallest absolute Gasteiger partial charge is 0.229 e. The van der Waals surface area contributed by atoms with Crippen molar-refractivity contribution in [2.75, 3.05) is 6.54 Å². The van der Waals surface area contributed by atoms with E-state index in [1.54, 1.807) is 0 Å². The topological polar surface area (TPSA) is 66.5 Å². The highest BCUT2D eigenvalue weighted by Gasteiger charge is 2.29. The van der Waals surface area contributed by atoms with Crippen molar-refractivity contribution in [3.05, 3.63) is 0 Å². The van der Waals surface area contributed by atoms with Crippen LogP contribution in [-0.4, -0.2) is 35.2 Å². The highest BCUT2D eigenvalue weighted by molar-refractivity contribution is 6.02. The SMILES string of the molecule is C[C@H]1CCC[C@@H](NC(=O)CCN2C(=O)CCC2=O)C1. The first-order valence-corrected chi connectivity index (χ1v) is 7.19. The molecule has 2 fully saturated rings. The fourth-order valence-corrected chi connectivity index (χ4v) is 2.95. The number of nitrogens with zero attached hydrogens (tertiary/aromatic N) is 1. The fourth-order valence-electron chi connectivity index (χ4n) is 2.95. The zero-order valence-corrected chi connectivity index (χ0v) is 11.5. The molecule has 1 heterocycles. The van der Waals surface area contributed by atoms with Crippen LogP contribution in [0.15, 0.2) is 0 Å². The molecule has 2 rings (SSSR count). The standard InChI is InChI=1S/C14H22N2O3/c1-10-3-2-4-11(9-10)15-12(17)7-8-16-13(18)5-6-14(16)19/h10-11H,2-9H2,1H3,(H,15,17)/t10-,11+/m0/s1. The van der Waals surface area contributed by atoms with Crippen LogP contribution in [0.1, 0.15) is 51.9 Å². The number of likely N-dealkylation sites (tertiary alicyclic amines) is 1. The van der Waals surface area contributed by atoms with Crippen LogP contribution in [0, 0.1) is 5.92 Å². The molecule has 0 aromatic carbocycles. The highest BCUT2D eigenvalue weighted by atomic mass is 16.2. The summed E-state index contributed by atoms with van der Waals surface area (Å²) in [5.74, 6) is 0.320. The minimum atomic E-state index is -0.149. The number of carbonyl (C=O) groups is 3. The van der Waals surface area contributed by atoms with E-state index in [-0.39, 0.29) is 36.7 Å². The lowest BCUT2D eigenvalue weighted by Crippen LogP contribution is -2.40. The van der Waals surface area contributed by atoms with Crippen LogP contribution < -0.4 is 5.32 Å². The summed E-state index contributed by atoms with van der Waals surface area (Å²) in [6.07, 6.45) is 5.28. The number of imide groups is 1. The molecule has 3 amide bonds. The Morgan fingerprint density at radius 3 is 2.58 bits per heavy atom. The van der Waals surface area contributed by atoms with Gasteiger partial charge in [-0.05, 0) is 18.8 Å². The molecule has 5 nitrogen and oxygen atoms in total. The average Bonchev–Trinajstić information content (AvgIpc) is 2.67. The average molecular weight is 266 g/mol. The maximum absolute atomic E-state index is 11.8. The normalized spacial score (nSPS) is 27.7. The molecule has 0 unspecified atom stereocenters. The molecule has 19 heavy (non-hydrogen) atoms. The van der Waals surface area contributed by atoms with Crippen molar-refractivity contribution in [2.45, 2.75) is 57.9 Å². The van der Waals surface area contributed by atoms with Gasteiger partial charge >= 0.3 is 0 Å². The van der Waals surface area contributed by atoms with E-state index in [4.69, 9.17) is 0 Å². The van der Waals surface area contributed by atoms with Gasteiger partial charge in [0.2, 0.25) is 17.7 Å². The van der Waals surface area contributed by atoms with Gasteiger partial charge in [0.1, 0.15) is 0 Å². The Morgan fingerprint density at radius 2 is 1.95 bits per heavy atom. The molecule has 0 spiro atoms. The third-order valence-electron chi connectivity index (χ3n) is 4.02. The van der Waals surface area contributed by atoms with Crippen molar-refractivity contribution in [2.24, 2.45) is 5.92 Å². The van der Waals surface area contributed by atoms with Crippen LogP contribution >= 0.6 is 0 Å². The first-order valence-electron chi connectivity index (χ1n) is 7.19. The maximum atomic E-state index is 11.8. The van der Waals surface area contributed by atoms with Gasteiger partial charge in [-0.1, -0.05) is 19.8 Å². The molecule has 0 bridgehead atoms. The molecule has 1 N–H and O–H groups in total. The lowest BCUT2D eigenvalue weighted by atomic mass is 9.87. The van der Waals surface area contributed by atoms with Gasteiger partial charge in [-0.25, -0.2) is 0 Å². The second kappa shape index (κ2) is 6.17. The Hall–Kier alpha value is -1.39. The van der Waals surface area contributed by atoms with Crippen LogP contribution in [0.3, 0.4) is 0 Å². The summed E-state index contributed by atoms with van der Waals surface area (Å²) in [4.78, 5) is 35.8. The minimum Gasteiger partial charge on any atom is -0.353 e. The van der Waals surface area contributed by atoms with Gasteiger partial charge in [-0.15, -0.1) is 0 Å². The summed E-state index contributed by atoms with van der Waals surface area (Å²) >= 11 is 0.